The van der Waals surface area contributed by atoms with Gasteiger partial charge in [0.2, 0.25) is 5.91 Å². The number of benzene rings is 1. The number of amides is 1. The SMILES string of the molecule is C[C@H](CCC(=O)c1cccc(CCCCCC(=O)N(C)C)c1)C(=O)O. The van der Waals surface area contributed by atoms with E-state index in [1.165, 1.54) is 0 Å². The minimum atomic E-state index is -0.866. The number of aryl methyl sites for hydroxylation is 1. The Morgan fingerprint density at radius 2 is 1.80 bits per heavy atom. The molecular weight excluding hydrogens is 318 g/mol. The average Bonchev–Trinajstić information content (AvgIpc) is 2.58. The Morgan fingerprint density at radius 1 is 1.08 bits per heavy atom. The molecule has 0 aliphatic heterocycles. The highest BCUT2D eigenvalue weighted by Crippen LogP contribution is 2.15. The van der Waals surface area contributed by atoms with Crippen LogP contribution in [-0.2, 0) is 16.0 Å². The first-order valence-electron chi connectivity index (χ1n) is 8.86. The summed E-state index contributed by atoms with van der Waals surface area (Å²) in [6.45, 7) is 1.62. The van der Waals surface area contributed by atoms with Crippen molar-refractivity contribution in [3.8, 4) is 0 Å². The largest absolute Gasteiger partial charge is 0.481 e. The number of carbonyl (C=O) groups excluding carboxylic acids is 2. The van der Waals surface area contributed by atoms with Crippen LogP contribution >= 0.6 is 0 Å². The number of carboxylic acid groups (broad SMARTS) is 1. The highest BCUT2D eigenvalue weighted by atomic mass is 16.4. The van der Waals surface area contributed by atoms with Crippen molar-refractivity contribution in [2.24, 2.45) is 5.92 Å². The third-order valence-corrected chi connectivity index (χ3v) is 4.33. The molecule has 5 heteroatoms. The highest BCUT2D eigenvalue weighted by Gasteiger charge is 2.14. The van der Waals surface area contributed by atoms with Gasteiger partial charge in [0.1, 0.15) is 0 Å². The Bertz CT molecular complexity index is 595. The fraction of sp³-hybridized carbons (Fsp3) is 0.550. The normalized spacial score (nSPS) is 11.8. The Hall–Kier alpha value is -2.17. The van der Waals surface area contributed by atoms with Crippen LogP contribution in [0.25, 0.3) is 0 Å². The van der Waals surface area contributed by atoms with Crippen LogP contribution in [0.3, 0.4) is 0 Å². The number of Topliss-reactive ketones (excluding diaryl/α,β-unsaturated/α-hetero) is 1. The van der Waals surface area contributed by atoms with E-state index < -0.39 is 11.9 Å². The molecule has 25 heavy (non-hydrogen) atoms. The summed E-state index contributed by atoms with van der Waals surface area (Å²) in [4.78, 5) is 36.1. The van der Waals surface area contributed by atoms with Crippen molar-refractivity contribution in [3.05, 3.63) is 35.4 Å². The lowest BCUT2D eigenvalue weighted by atomic mass is 9.97. The minimum Gasteiger partial charge on any atom is -0.481 e. The first-order chi connectivity index (χ1) is 11.8. The quantitative estimate of drug-likeness (QED) is 0.490. The van der Waals surface area contributed by atoms with Crippen molar-refractivity contribution < 1.29 is 19.5 Å². The van der Waals surface area contributed by atoms with E-state index in [2.05, 4.69) is 0 Å². The molecule has 1 rings (SSSR count). The maximum absolute atomic E-state index is 12.2. The number of rotatable bonds is 11. The third kappa shape index (κ3) is 7.96. The molecule has 0 heterocycles. The Balaban J connectivity index is 2.40. The van der Waals surface area contributed by atoms with Crippen LogP contribution in [-0.4, -0.2) is 41.8 Å². The fourth-order valence-corrected chi connectivity index (χ4v) is 2.52. The molecule has 0 saturated heterocycles. The van der Waals surface area contributed by atoms with E-state index in [0.29, 0.717) is 18.4 Å². The number of nitrogens with zero attached hydrogens (tertiary/aromatic N) is 1. The lowest BCUT2D eigenvalue weighted by molar-refractivity contribution is -0.141. The predicted molar refractivity (Wildman–Crippen MR) is 97.7 cm³/mol. The van der Waals surface area contributed by atoms with Gasteiger partial charge < -0.3 is 10.0 Å². The van der Waals surface area contributed by atoms with Crippen LogP contribution in [0.15, 0.2) is 24.3 Å². The molecule has 138 valence electrons. The van der Waals surface area contributed by atoms with Crippen molar-refractivity contribution in [2.45, 2.75) is 51.9 Å². The molecule has 1 aromatic rings. The molecule has 0 aliphatic rings. The number of carbonyl (C=O) groups is 3. The molecule has 0 bridgehead atoms. The van der Waals surface area contributed by atoms with Gasteiger partial charge in [-0.15, -0.1) is 0 Å². The second kappa shape index (κ2) is 10.6. The van der Waals surface area contributed by atoms with Crippen LogP contribution in [0.5, 0.6) is 0 Å². The zero-order valence-electron chi connectivity index (χ0n) is 15.5. The van der Waals surface area contributed by atoms with E-state index in [9.17, 15) is 14.4 Å². The molecular formula is C20H29NO4. The zero-order chi connectivity index (χ0) is 18.8. The van der Waals surface area contributed by atoms with Gasteiger partial charge in [0.25, 0.3) is 0 Å². The maximum Gasteiger partial charge on any atom is 0.306 e. The van der Waals surface area contributed by atoms with Gasteiger partial charge in [-0.05, 0) is 37.3 Å². The van der Waals surface area contributed by atoms with Crippen molar-refractivity contribution in [1.29, 1.82) is 0 Å². The van der Waals surface area contributed by atoms with Gasteiger partial charge in [0, 0.05) is 32.5 Å². The van der Waals surface area contributed by atoms with Gasteiger partial charge in [-0.1, -0.05) is 31.5 Å². The van der Waals surface area contributed by atoms with Gasteiger partial charge >= 0.3 is 5.97 Å². The maximum atomic E-state index is 12.2. The first kappa shape index (κ1) is 20.9. The van der Waals surface area contributed by atoms with Gasteiger partial charge in [-0.3, -0.25) is 14.4 Å². The van der Waals surface area contributed by atoms with Crippen LogP contribution < -0.4 is 0 Å². The van der Waals surface area contributed by atoms with E-state index in [0.717, 1.165) is 31.2 Å². The summed E-state index contributed by atoms with van der Waals surface area (Å²) in [6, 6.07) is 7.56. The van der Waals surface area contributed by atoms with Gasteiger partial charge in [-0.25, -0.2) is 0 Å². The van der Waals surface area contributed by atoms with E-state index in [4.69, 9.17) is 5.11 Å². The molecule has 0 saturated carbocycles. The molecule has 5 nitrogen and oxygen atoms in total. The summed E-state index contributed by atoms with van der Waals surface area (Å²) in [6.07, 6.45) is 4.91. The highest BCUT2D eigenvalue weighted by molar-refractivity contribution is 5.96. The van der Waals surface area contributed by atoms with Crippen LogP contribution in [0.1, 0.15) is 61.4 Å². The standard InChI is InChI=1S/C20H29NO4/c1-15(20(24)25)12-13-18(22)17-10-7-9-16(14-17)8-5-4-6-11-19(23)21(2)3/h7,9-10,14-15H,4-6,8,11-13H2,1-3H3,(H,24,25)/t15-/m1/s1. The van der Waals surface area contributed by atoms with E-state index in [1.807, 2.05) is 18.2 Å². The van der Waals surface area contributed by atoms with Crippen molar-refractivity contribution >= 4 is 17.7 Å². The molecule has 0 spiro atoms. The summed E-state index contributed by atoms with van der Waals surface area (Å²) >= 11 is 0. The average molecular weight is 347 g/mol. The van der Waals surface area contributed by atoms with E-state index in [-0.39, 0.29) is 18.1 Å². The Kier molecular flexibility index (Phi) is 8.89. The molecule has 1 amide bonds. The second-order valence-electron chi connectivity index (χ2n) is 6.75. The fourth-order valence-electron chi connectivity index (χ4n) is 2.52. The summed E-state index contributed by atoms with van der Waals surface area (Å²) in [7, 11) is 3.53. The first-order valence-corrected chi connectivity index (χ1v) is 8.86. The van der Waals surface area contributed by atoms with Crippen LogP contribution in [0.2, 0.25) is 0 Å². The lowest BCUT2D eigenvalue weighted by Gasteiger charge is -2.09. The number of hydrogen-bond acceptors (Lipinski definition) is 3. The zero-order valence-corrected chi connectivity index (χ0v) is 15.5. The van der Waals surface area contributed by atoms with Crippen molar-refractivity contribution in [2.75, 3.05) is 14.1 Å². The van der Waals surface area contributed by atoms with Crippen LogP contribution in [0.4, 0.5) is 0 Å². The Labute approximate surface area is 150 Å². The predicted octanol–water partition coefficient (Wildman–Crippen LogP) is 3.56. The molecule has 1 aromatic carbocycles. The molecule has 0 radical (unpaired) electrons. The van der Waals surface area contributed by atoms with Crippen molar-refractivity contribution in [3.63, 3.8) is 0 Å². The number of ketones is 1. The molecule has 0 unspecified atom stereocenters. The minimum absolute atomic E-state index is 0.00784. The number of unbranched alkanes of at least 4 members (excludes halogenated alkanes) is 2. The molecule has 1 atom stereocenters. The second-order valence-corrected chi connectivity index (χ2v) is 6.75. The number of carboxylic acids is 1. The Morgan fingerprint density at radius 3 is 2.44 bits per heavy atom. The third-order valence-electron chi connectivity index (χ3n) is 4.33. The molecule has 0 aliphatic carbocycles. The number of hydrogen-bond donors (Lipinski definition) is 1. The number of aliphatic carboxylic acids is 1. The summed E-state index contributed by atoms with van der Waals surface area (Å²) < 4.78 is 0. The monoisotopic (exact) mass is 347 g/mol. The summed E-state index contributed by atoms with van der Waals surface area (Å²) in [5, 5.41) is 8.88. The lowest BCUT2D eigenvalue weighted by Crippen LogP contribution is -2.20. The van der Waals surface area contributed by atoms with Gasteiger partial charge in [0.15, 0.2) is 5.78 Å². The molecule has 1 N–H and O–H groups in total. The summed E-state index contributed by atoms with van der Waals surface area (Å²) in [5.41, 5.74) is 1.76. The van der Waals surface area contributed by atoms with Crippen LogP contribution in [0, 0.1) is 5.92 Å². The van der Waals surface area contributed by atoms with E-state index >= 15 is 0 Å². The van der Waals surface area contributed by atoms with Gasteiger partial charge in [0.05, 0.1) is 5.92 Å². The smallest absolute Gasteiger partial charge is 0.306 e. The summed E-state index contributed by atoms with van der Waals surface area (Å²) in [5.74, 6) is -1.22. The molecule has 0 fully saturated rings. The van der Waals surface area contributed by atoms with Gasteiger partial charge in [-0.2, -0.15) is 0 Å². The molecule has 0 aromatic heterocycles. The topological polar surface area (TPSA) is 74.7 Å². The van der Waals surface area contributed by atoms with Crippen molar-refractivity contribution in [1.82, 2.24) is 4.90 Å². The van der Waals surface area contributed by atoms with E-state index in [1.54, 1.807) is 32.0 Å².